The fraction of sp³-hybridized carbons (Fsp3) is 0.516. The van der Waals surface area contributed by atoms with Crippen molar-refractivity contribution >= 4 is 17.7 Å². The SMILES string of the molecule is C=C(C)[C@H]1CN(C(=O)OC(C)(C)C)[C@H](C)CN1CC(=O)N1CC(C)(C)c2[nH]c(=O)c(Cc3ccc(F)cc3)cc21. The maximum Gasteiger partial charge on any atom is 0.410 e. The van der Waals surface area contributed by atoms with Crippen molar-refractivity contribution in [1.29, 1.82) is 0 Å². The van der Waals surface area contributed by atoms with E-state index >= 15 is 0 Å². The van der Waals surface area contributed by atoms with Gasteiger partial charge in [0.1, 0.15) is 11.4 Å². The summed E-state index contributed by atoms with van der Waals surface area (Å²) in [5.74, 6) is -0.421. The highest BCUT2D eigenvalue weighted by Gasteiger charge is 2.42. The summed E-state index contributed by atoms with van der Waals surface area (Å²) in [6.07, 6.45) is -0.0437. The number of hydrogen-bond acceptors (Lipinski definition) is 5. The van der Waals surface area contributed by atoms with Crippen molar-refractivity contribution in [2.24, 2.45) is 0 Å². The summed E-state index contributed by atoms with van der Waals surface area (Å²) in [6.45, 7) is 19.0. The lowest BCUT2D eigenvalue weighted by Crippen LogP contribution is -2.61. The first-order valence-corrected chi connectivity index (χ1v) is 13.8. The molecule has 2 amide bonds. The van der Waals surface area contributed by atoms with Crippen LogP contribution in [0.4, 0.5) is 14.9 Å². The van der Waals surface area contributed by atoms with Gasteiger partial charge >= 0.3 is 6.09 Å². The van der Waals surface area contributed by atoms with E-state index in [1.807, 2.05) is 48.5 Å². The quantitative estimate of drug-likeness (QED) is 0.548. The molecular weight excluding hydrogens is 511 g/mol. The Morgan fingerprint density at radius 3 is 2.42 bits per heavy atom. The molecule has 216 valence electrons. The average molecular weight is 553 g/mol. The van der Waals surface area contributed by atoms with Crippen molar-refractivity contribution in [2.45, 2.75) is 78.0 Å². The van der Waals surface area contributed by atoms with E-state index in [9.17, 15) is 18.8 Å². The Kier molecular flexibility index (Phi) is 8.00. The fourth-order valence-corrected chi connectivity index (χ4v) is 5.55. The number of hydrogen-bond donors (Lipinski definition) is 1. The van der Waals surface area contributed by atoms with E-state index in [2.05, 4.69) is 16.5 Å². The van der Waals surface area contributed by atoms with Crippen LogP contribution in [0.15, 0.2) is 47.3 Å². The number of aromatic amines is 1. The summed E-state index contributed by atoms with van der Waals surface area (Å²) in [4.78, 5) is 48.3. The number of anilines is 1. The molecule has 0 unspecified atom stereocenters. The molecule has 0 saturated carbocycles. The van der Waals surface area contributed by atoms with E-state index in [4.69, 9.17) is 4.74 Å². The first-order chi connectivity index (χ1) is 18.6. The number of nitrogens with one attached hydrogen (secondary N) is 1. The van der Waals surface area contributed by atoms with Gasteiger partial charge in [0.15, 0.2) is 0 Å². The number of ether oxygens (including phenoxy) is 1. The lowest BCUT2D eigenvalue weighted by molar-refractivity contribution is -0.121. The molecule has 1 fully saturated rings. The minimum atomic E-state index is -0.602. The van der Waals surface area contributed by atoms with Crippen LogP contribution in [0.3, 0.4) is 0 Å². The van der Waals surface area contributed by atoms with Gasteiger partial charge < -0.3 is 19.5 Å². The van der Waals surface area contributed by atoms with E-state index in [0.717, 1.165) is 16.8 Å². The van der Waals surface area contributed by atoms with Crippen LogP contribution in [-0.4, -0.2) is 70.6 Å². The summed E-state index contributed by atoms with van der Waals surface area (Å²) in [5.41, 5.74) is 2.36. The second-order valence-corrected chi connectivity index (χ2v) is 12.8. The van der Waals surface area contributed by atoms with Crippen molar-refractivity contribution in [2.75, 3.05) is 31.1 Å². The van der Waals surface area contributed by atoms with E-state index in [-0.39, 0.29) is 42.0 Å². The van der Waals surface area contributed by atoms with E-state index in [0.29, 0.717) is 37.3 Å². The Morgan fingerprint density at radius 1 is 1.18 bits per heavy atom. The molecule has 1 N–H and O–H groups in total. The molecular formula is C31H41FN4O4. The van der Waals surface area contributed by atoms with Crippen molar-refractivity contribution in [1.82, 2.24) is 14.8 Å². The lowest BCUT2D eigenvalue weighted by Gasteiger charge is -2.45. The zero-order valence-electron chi connectivity index (χ0n) is 24.6. The number of halogens is 1. The summed E-state index contributed by atoms with van der Waals surface area (Å²) >= 11 is 0. The van der Waals surface area contributed by atoms with Gasteiger partial charge in [-0.15, -0.1) is 0 Å². The summed E-state index contributed by atoms with van der Waals surface area (Å²) < 4.78 is 19.0. The topological polar surface area (TPSA) is 85.9 Å². The normalized spacial score (nSPS) is 20.8. The zero-order chi connectivity index (χ0) is 29.6. The van der Waals surface area contributed by atoms with Gasteiger partial charge in [-0.2, -0.15) is 0 Å². The molecule has 4 rings (SSSR count). The Bertz CT molecular complexity index is 1360. The summed E-state index contributed by atoms with van der Waals surface area (Å²) in [6, 6.07) is 7.50. The number of pyridine rings is 1. The monoisotopic (exact) mass is 552 g/mol. The van der Waals surface area contributed by atoms with Crippen molar-refractivity contribution < 1.29 is 18.7 Å². The van der Waals surface area contributed by atoms with Crippen LogP contribution in [0.1, 0.15) is 65.3 Å². The standard InChI is InChI=1S/C31H41FN4O4/c1-19(2)25-16-35(29(39)40-30(4,5)6)20(3)15-34(25)17-26(37)36-18-31(7,8)27-24(36)14-22(28(38)33-27)13-21-9-11-23(32)12-10-21/h9-12,14,20,25H,1,13,15-18H2,2-8H3,(H,33,38)/t20-,25-/m1/s1. The van der Waals surface area contributed by atoms with Gasteiger partial charge in [-0.3, -0.25) is 14.5 Å². The number of nitrogens with zero attached hydrogens (tertiary/aromatic N) is 3. The van der Waals surface area contributed by atoms with Gasteiger partial charge in [-0.25, -0.2) is 9.18 Å². The van der Waals surface area contributed by atoms with Crippen LogP contribution >= 0.6 is 0 Å². The molecule has 1 aromatic carbocycles. The number of carbonyl (C=O) groups is 2. The van der Waals surface area contributed by atoms with Crippen molar-refractivity contribution in [3.8, 4) is 0 Å². The lowest BCUT2D eigenvalue weighted by atomic mass is 9.91. The first kappa shape index (κ1) is 29.5. The predicted molar refractivity (Wildman–Crippen MR) is 154 cm³/mol. The fourth-order valence-electron chi connectivity index (χ4n) is 5.55. The highest BCUT2D eigenvalue weighted by Crippen LogP contribution is 2.39. The minimum Gasteiger partial charge on any atom is -0.444 e. The molecule has 0 aliphatic carbocycles. The Morgan fingerprint density at radius 2 is 1.82 bits per heavy atom. The van der Waals surface area contributed by atoms with Crippen LogP contribution in [-0.2, 0) is 21.4 Å². The van der Waals surface area contributed by atoms with Gasteiger partial charge in [0.05, 0.1) is 12.2 Å². The minimum absolute atomic E-state index is 0.0872. The maximum absolute atomic E-state index is 13.8. The highest BCUT2D eigenvalue weighted by atomic mass is 19.1. The largest absolute Gasteiger partial charge is 0.444 e. The number of piperazine rings is 1. The number of carbonyl (C=O) groups excluding carboxylic acids is 2. The zero-order valence-corrected chi connectivity index (χ0v) is 24.6. The number of benzene rings is 1. The third-order valence-corrected chi connectivity index (χ3v) is 7.60. The highest BCUT2D eigenvalue weighted by molar-refractivity contribution is 5.97. The molecule has 2 aliphatic heterocycles. The number of fused-ring (bicyclic) bond motifs is 1. The second-order valence-electron chi connectivity index (χ2n) is 12.8. The average Bonchev–Trinajstić information content (AvgIpc) is 3.09. The molecule has 0 radical (unpaired) electrons. The first-order valence-electron chi connectivity index (χ1n) is 13.8. The van der Waals surface area contributed by atoms with Crippen LogP contribution in [0.2, 0.25) is 0 Å². The molecule has 2 aromatic rings. The predicted octanol–water partition coefficient (Wildman–Crippen LogP) is 4.61. The van der Waals surface area contributed by atoms with E-state index in [1.165, 1.54) is 12.1 Å². The van der Waals surface area contributed by atoms with E-state index < -0.39 is 11.0 Å². The number of rotatable bonds is 5. The molecule has 0 spiro atoms. The van der Waals surface area contributed by atoms with Crippen LogP contribution in [0.5, 0.6) is 0 Å². The number of aromatic nitrogens is 1. The van der Waals surface area contributed by atoms with Crippen molar-refractivity contribution in [3.63, 3.8) is 0 Å². The van der Waals surface area contributed by atoms with Gasteiger partial charge in [-0.1, -0.05) is 38.1 Å². The Balaban J connectivity index is 1.56. The molecule has 8 nitrogen and oxygen atoms in total. The number of amides is 2. The third kappa shape index (κ3) is 6.30. The maximum atomic E-state index is 13.8. The molecule has 2 aliphatic rings. The Hall–Kier alpha value is -3.46. The van der Waals surface area contributed by atoms with Gasteiger partial charge in [0.25, 0.3) is 5.56 Å². The molecule has 0 bridgehead atoms. The number of H-pyrrole nitrogens is 1. The second kappa shape index (κ2) is 10.8. The molecule has 9 heteroatoms. The molecule has 1 saturated heterocycles. The molecule has 40 heavy (non-hydrogen) atoms. The summed E-state index contributed by atoms with van der Waals surface area (Å²) in [5, 5.41) is 0. The van der Waals surface area contributed by atoms with Gasteiger partial charge in [-0.05, 0) is 58.4 Å². The van der Waals surface area contributed by atoms with Gasteiger partial charge in [0.2, 0.25) is 5.91 Å². The smallest absolute Gasteiger partial charge is 0.410 e. The third-order valence-electron chi connectivity index (χ3n) is 7.60. The van der Waals surface area contributed by atoms with Crippen LogP contribution < -0.4 is 10.5 Å². The van der Waals surface area contributed by atoms with Crippen LogP contribution in [0, 0.1) is 5.82 Å². The Labute approximate surface area is 235 Å². The molecule has 2 atom stereocenters. The summed E-state index contributed by atoms with van der Waals surface area (Å²) in [7, 11) is 0. The molecule has 1 aromatic heterocycles. The van der Waals surface area contributed by atoms with Gasteiger partial charge in [0, 0.05) is 54.8 Å². The van der Waals surface area contributed by atoms with Crippen LogP contribution in [0.25, 0.3) is 0 Å². The van der Waals surface area contributed by atoms with E-state index in [1.54, 1.807) is 28.0 Å². The van der Waals surface area contributed by atoms with Crippen molar-refractivity contribution in [3.05, 3.63) is 75.5 Å². The molecule has 3 heterocycles.